The molecule has 6 nitrogen and oxygen atoms in total. The van der Waals surface area contributed by atoms with E-state index in [4.69, 9.17) is 13.9 Å². The Morgan fingerprint density at radius 3 is 2.52 bits per heavy atom. The summed E-state index contributed by atoms with van der Waals surface area (Å²) in [6, 6.07) is 3.50. The second-order valence-corrected chi connectivity index (χ2v) is 4.74. The number of esters is 1. The smallest absolute Gasteiger partial charge is 0.373 e. The Labute approximate surface area is 126 Å². The topological polar surface area (TPSA) is 61.1 Å². The molecular formula is C15H25NO5. The van der Waals surface area contributed by atoms with E-state index in [9.17, 15) is 4.79 Å². The highest BCUT2D eigenvalue weighted by atomic mass is 16.5. The summed E-state index contributed by atoms with van der Waals surface area (Å²) in [6.45, 7) is 5.05. The Hall–Kier alpha value is -1.37. The van der Waals surface area contributed by atoms with Crippen LogP contribution in [0.1, 0.15) is 35.7 Å². The molecule has 0 N–H and O–H groups in total. The van der Waals surface area contributed by atoms with Crippen molar-refractivity contribution in [3.63, 3.8) is 0 Å². The average molecular weight is 299 g/mol. The minimum atomic E-state index is -0.462. The summed E-state index contributed by atoms with van der Waals surface area (Å²) >= 11 is 0. The van der Waals surface area contributed by atoms with E-state index in [1.165, 1.54) is 7.11 Å². The van der Waals surface area contributed by atoms with E-state index in [-0.39, 0.29) is 11.8 Å². The summed E-state index contributed by atoms with van der Waals surface area (Å²) in [5.74, 6) is 0.503. The summed E-state index contributed by atoms with van der Waals surface area (Å²) in [7, 11) is 4.71. The molecule has 0 amide bonds. The van der Waals surface area contributed by atoms with Crippen LogP contribution in [0.3, 0.4) is 0 Å². The van der Waals surface area contributed by atoms with Gasteiger partial charge in [-0.15, -0.1) is 0 Å². The lowest BCUT2D eigenvalue weighted by Crippen LogP contribution is -2.31. The van der Waals surface area contributed by atoms with Crippen LogP contribution in [0.15, 0.2) is 16.5 Å². The van der Waals surface area contributed by atoms with Crippen LogP contribution < -0.4 is 0 Å². The number of ether oxygens (including phenoxy) is 3. The maximum absolute atomic E-state index is 11.4. The monoisotopic (exact) mass is 299 g/mol. The number of nitrogens with zero attached hydrogens (tertiary/aromatic N) is 1. The summed E-state index contributed by atoms with van der Waals surface area (Å²) in [5.41, 5.74) is 0. The van der Waals surface area contributed by atoms with Gasteiger partial charge < -0.3 is 18.6 Å². The SMILES string of the molecule is COCCCN(CCOC)C(C)c1ccc(C(=O)OC)o1. The van der Waals surface area contributed by atoms with Crippen LogP contribution in [0.4, 0.5) is 0 Å². The maximum atomic E-state index is 11.4. The quantitative estimate of drug-likeness (QED) is 0.487. The highest BCUT2D eigenvalue weighted by molar-refractivity contribution is 5.86. The van der Waals surface area contributed by atoms with Crippen LogP contribution in [0.2, 0.25) is 0 Å². The Balaban J connectivity index is 2.70. The van der Waals surface area contributed by atoms with Crippen molar-refractivity contribution in [1.82, 2.24) is 4.90 Å². The molecule has 1 atom stereocenters. The standard InChI is InChI=1S/C15H25NO5/c1-12(13-6-7-14(21-13)15(17)20-4)16(9-11-19-3)8-5-10-18-2/h6-7,12H,5,8-11H2,1-4H3. The van der Waals surface area contributed by atoms with E-state index >= 15 is 0 Å². The van der Waals surface area contributed by atoms with Gasteiger partial charge in [-0.25, -0.2) is 4.79 Å². The van der Waals surface area contributed by atoms with E-state index in [1.807, 2.05) is 13.0 Å². The average Bonchev–Trinajstić information content (AvgIpc) is 2.99. The summed E-state index contributed by atoms with van der Waals surface area (Å²) in [4.78, 5) is 13.7. The molecule has 1 aromatic heterocycles. The first-order valence-corrected chi connectivity index (χ1v) is 7.04. The second-order valence-electron chi connectivity index (χ2n) is 4.74. The van der Waals surface area contributed by atoms with E-state index in [2.05, 4.69) is 9.64 Å². The maximum Gasteiger partial charge on any atom is 0.373 e. The number of hydrogen-bond donors (Lipinski definition) is 0. The van der Waals surface area contributed by atoms with Gasteiger partial charge in [0, 0.05) is 33.9 Å². The first kappa shape index (κ1) is 17.7. The third-order valence-electron chi connectivity index (χ3n) is 3.35. The molecule has 0 radical (unpaired) electrons. The fraction of sp³-hybridized carbons (Fsp3) is 0.667. The van der Waals surface area contributed by atoms with Gasteiger partial charge in [-0.3, -0.25) is 4.90 Å². The zero-order valence-electron chi connectivity index (χ0n) is 13.3. The molecule has 0 saturated carbocycles. The molecule has 1 unspecified atom stereocenters. The van der Waals surface area contributed by atoms with Crippen molar-refractivity contribution in [3.05, 3.63) is 23.7 Å². The lowest BCUT2D eigenvalue weighted by Gasteiger charge is -2.27. The molecule has 0 aromatic carbocycles. The van der Waals surface area contributed by atoms with Gasteiger partial charge >= 0.3 is 5.97 Å². The number of carbonyl (C=O) groups excluding carboxylic acids is 1. The molecule has 1 heterocycles. The van der Waals surface area contributed by atoms with Crippen molar-refractivity contribution in [2.45, 2.75) is 19.4 Å². The number of furan rings is 1. The third kappa shape index (κ3) is 5.49. The van der Waals surface area contributed by atoms with E-state index in [1.54, 1.807) is 20.3 Å². The largest absolute Gasteiger partial charge is 0.463 e. The van der Waals surface area contributed by atoms with Crippen LogP contribution in [-0.2, 0) is 14.2 Å². The Morgan fingerprint density at radius 2 is 1.90 bits per heavy atom. The van der Waals surface area contributed by atoms with E-state index in [0.717, 1.165) is 25.3 Å². The molecule has 1 aromatic rings. The van der Waals surface area contributed by atoms with Gasteiger partial charge in [0.05, 0.1) is 19.8 Å². The fourth-order valence-corrected chi connectivity index (χ4v) is 2.09. The van der Waals surface area contributed by atoms with Crippen LogP contribution in [-0.4, -0.2) is 58.5 Å². The van der Waals surface area contributed by atoms with Gasteiger partial charge in [-0.05, 0) is 25.5 Å². The van der Waals surface area contributed by atoms with Crippen molar-refractivity contribution in [1.29, 1.82) is 0 Å². The molecule has 0 bridgehead atoms. The van der Waals surface area contributed by atoms with Gasteiger partial charge in [-0.1, -0.05) is 0 Å². The molecule has 1 rings (SSSR count). The zero-order valence-corrected chi connectivity index (χ0v) is 13.3. The molecule has 6 heteroatoms. The second kappa shape index (κ2) is 9.55. The first-order chi connectivity index (χ1) is 10.1. The van der Waals surface area contributed by atoms with Gasteiger partial charge in [0.25, 0.3) is 0 Å². The van der Waals surface area contributed by atoms with Crippen molar-refractivity contribution in [2.24, 2.45) is 0 Å². The minimum absolute atomic E-state index is 0.0513. The molecule has 0 fully saturated rings. The summed E-state index contributed by atoms with van der Waals surface area (Å²) < 4.78 is 20.5. The predicted octanol–water partition coefficient (Wildman–Crippen LogP) is 2.11. The Bertz CT molecular complexity index is 418. The van der Waals surface area contributed by atoms with Crippen molar-refractivity contribution in [3.8, 4) is 0 Å². The molecular weight excluding hydrogens is 274 g/mol. The molecule has 0 aliphatic rings. The van der Waals surface area contributed by atoms with Crippen molar-refractivity contribution in [2.75, 3.05) is 47.6 Å². The van der Waals surface area contributed by atoms with E-state index < -0.39 is 5.97 Å². The first-order valence-electron chi connectivity index (χ1n) is 7.04. The number of hydrogen-bond acceptors (Lipinski definition) is 6. The molecule has 120 valence electrons. The molecule has 0 aliphatic heterocycles. The highest BCUT2D eigenvalue weighted by Gasteiger charge is 2.20. The Morgan fingerprint density at radius 1 is 1.19 bits per heavy atom. The summed E-state index contributed by atoms with van der Waals surface area (Å²) in [5, 5.41) is 0. The fourth-order valence-electron chi connectivity index (χ4n) is 2.09. The van der Waals surface area contributed by atoms with Crippen LogP contribution in [0.5, 0.6) is 0 Å². The number of methoxy groups -OCH3 is 3. The van der Waals surface area contributed by atoms with Crippen LogP contribution in [0, 0.1) is 0 Å². The van der Waals surface area contributed by atoms with Crippen LogP contribution >= 0.6 is 0 Å². The van der Waals surface area contributed by atoms with Gasteiger partial charge in [-0.2, -0.15) is 0 Å². The number of rotatable bonds is 10. The van der Waals surface area contributed by atoms with E-state index in [0.29, 0.717) is 13.2 Å². The zero-order chi connectivity index (χ0) is 15.7. The lowest BCUT2D eigenvalue weighted by molar-refractivity contribution is 0.0555. The minimum Gasteiger partial charge on any atom is -0.463 e. The normalized spacial score (nSPS) is 12.6. The molecule has 21 heavy (non-hydrogen) atoms. The Kier molecular flexibility index (Phi) is 8.04. The van der Waals surface area contributed by atoms with Gasteiger partial charge in [0.2, 0.25) is 5.76 Å². The third-order valence-corrected chi connectivity index (χ3v) is 3.35. The molecule has 0 aliphatic carbocycles. The van der Waals surface area contributed by atoms with Gasteiger partial charge in [0.1, 0.15) is 5.76 Å². The molecule has 0 saturated heterocycles. The van der Waals surface area contributed by atoms with Gasteiger partial charge in [0.15, 0.2) is 0 Å². The van der Waals surface area contributed by atoms with Crippen molar-refractivity contribution < 1.29 is 23.4 Å². The van der Waals surface area contributed by atoms with Crippen LogP contribution in [0.25, 0.3) is 0 Å². The van der Waals surface area contributed by atoms with Crippen molar-refractivity contribution >= 4 is 5.97 Å². The lowest BCUT2D eigenvalue weighted by atomic mass is 10.2. The summed E-state index contributed by atoms with van der Waals surface area (Å²) in [6.07, 6.45) is 0.926. The molecule has 0 spiro atoms. The predicted molar refractivity (Wildman–Crippen MR) is 78.4 cm³/mol. The highest BCUT2D eigenvalue weighted by Crippen LogP contribution is 2.23. The number of carbonyl (C=O) groups is 1.